The summed E-state index contributed by atoms with van der Waals surface area (Å²) in [5.74, 6) is -0.155. The number of aryl methyl sites for hydroxylation is 1. The highest BCUT2D eigenvalue weighted by atomic mass is 16.1. The van der Waals surface area contributed by atoms with Crippen molar-refractivity contribution in [1.29, 1.82) is 0 Å². The van der Waals surface area contributed by atoms with Crippen molar-refractivity contribution in [3.8, 4) is 0 Å². The molecule has 0 atom stereocenters. The van der Waals surface area contributed by atoms with Crippen LogP contribution in [0.3, 0.4) is 0 Å². The first kappa shape index (κ1) is 14.0. The minimum absolute atomic E-state index is 0.155. The summed E-state index contributed by atoms with van der Waals surface area (Å²) in [6.45, 7) is 2.01. The molecule has 0 fully saturated rings. The second kappa shape index (κ2) is 6.22. The van der Waals surface area contributed by atoms with Gasteiger partial charge in [-0.3, -0.25) is 9.78 Å². The van der Waals surface area contributed by atoms with E-state index in [0.717, 1.165) is 27.7 Å². The van der Waals surface area contributed by atoms with Crippen molar-refractivity contribution in [2.45, 2.75) is 6.92 Å². The fourth-order valence-electron chi connectivity index (χ4n) is 2.34. The van der Waals surface area contributed by atoms with Crippen LogP contribution in [0, 0.1) is 6.92 Å². The van der Waals surface area contributed by atoms with Crippen molar-refractivity contribution in [3.05, 3.63) is 78.0 Å². The van der Waals surface area contributed by atoms with Crippen LogP contribution < -0.4 is 5.32 Å². The average molecular weight is 288 g/mol. The number of carbonyl (C=O) groups excluding carboxylic acids is 1. The van der Waals surface area contributed by atoms with Crippen LogP contribution in [0.5, 0.6) is 0 Å². The predicted molar refractivity (Wildman–Crippen MR) is 90.6 cm³/mol. The molecule has 2 aromatic carbocycles. The van der Waals surface area contributed by atoms with Crippen molar-refractivity contribution in [2.24, 2.45) is 0 Å². The smallest absolute Gasteiger partial charge is 0.248 e. The van der Waals surface area contributed by atoms with Crippen LogP contribution in [0.1, 0.15) is 11.1 Å². The molecule has 1 heterocycles. The van der Waals surface area contributed by atoms with Crippen molar-refractivity contribution in [3.63, 3.8) is 0 Å². The van der Waals surface area contributed by atoms with Crippen LogP contribution in [-0.2, 0) is 4.79 Å². The van der Waals surface area contributed by atoms with Gasteiger partial charge in [0.15, 0.2) is 0 Å². The summed E-state index contributed by atoms with van der Waals surface area (Å²) in [4.78, 5) is 16.5. The van der Waals surface area contributed by atoms with E-state index in [-0.39, 0.29) is 5.91 Å². The van der Waals surface area contributed by atoms with Gasteiger partial charge in [-0.05, 0) is 30.2 Å². The maximum absolute atomic E-state index is 12.1. The highest BCUT2D eigenvalue weighted by Crippen LogP contribution is 2.23. The normalized spacial score (nSPS) is 11.0. The molecule has 1 aromatic heterocycles. The summed E-state index contributed by atoms with van der Waals surface area (Å²) in [6.07, 6.45) is 5.05. The maximum Gasteiger partial charge on any atom is 0.248 e. The maximum atomic E-state index is 12.1. The molecule has 22 heavy (non-hydrogen) atoms. The number of benzene rings is 2. The molecule has 3 nitrogen and oxygen atoms in total. The Hall–Kier alpha value is -2.94. The lowest BCUT2D eigenvalue weighted by Gasteiger charge is -2.07. The Bertz CT molecular complexity index is 838. The Morgan fingerprint density at radius 1 is 1.05 bits per heavy atom. The molecule has 0 spiro atoms. The quantitative estimate of drug-likeness (QED) is 0.734. The summed E-state index contributed by atoms with van der Waals surface area (Å²) >= 11 is 0. The third kappa shape index (κ3) is 3.04. The van der Waals surface area contributed by atoms with Crippen LogP contribution in [0.15, 0.2) is 66.9 Å². The summed E-state index contributed by atoms with van der Waals surface area (Å²) in [5.41, 5.74) is 3.77. The summed E-state index contributed by atoms with van der Waals surface area (Å²) in [7, 11) is 0. The SMILES string of the molecule is Cc1cccc2c(NC(=O)/C=C/c3ccccc3)ccnc12. The molecule has 3 rings (SSSR count). The Morgan fingerprint density at radius 3 is 2.68 bits per heavy atom. The van der Waals surface area contributed by atoms with Crippen molar-refractivity contribution >= 4 is 28.6 Å². The molecule has 0 unspecified atom stereocenters. The van der Waals surface area contributed by atoms with Crippen molar-refractivity contribution < 1.29 is 4.79 Å². The Labute approximate surface area is 129 Å². The first-order valence-corrected chi connectivity index (χ1v) is 7.12. The van der Waals surface area contributed by atoms with E-state index >= 15 is 0 Å². The van der Waals surface area contributed by atoms with Crippen LogP contribution >= 0.6 is 0 Å². The molecule has 0 aliphatic rings. The van der Waals surface area contributed by atoms with Gasteiger partial charge in [0, 0.05) is 17.7 Å². The molecule has 3 aromatic rings. The van der Waals surface area contributed by atoms with Gasteiger partial charge in [-0.25, -0.2) is 0 Å². The van der Waals surface area contributed by atoms with Crippen LogP contribution in [0.2, 0.25) is 0 Å². The number of anilines is 1. The number of aromatic nitrogens is 1. The molecule has 108 valence electrons. The van der Waals surface area contributed by atoms with Crippen molar-refractivity contribution in [1.82, 2.24) is 4.98 Å². The topological polar surface area (TPSA) is 42.0 Å². The molecule has 1 N–H and O–H groups in total. The lowest BCUT2D eigenvalue weighted by atomic mass is 10.1. The number of hydrogen-bond donors (Lipinski definition) is 1. The van der Waals surface area contributed by atoms with E-state index in [0.29, 0.717) is 0 Å². The van der Waals surface area contributed by atoms with Crippen LogP contribution in [0.4, 0.5) is 5.69 Å². The highest BCUT2D eigenvalue weighted by Gasteiger charge is 2.05. The van der Waals surface area contributed by atoms with Gasteiger partial charge >= 0.3 is 0 Å². The van der Waals surface area contributed by atoms with E-state index < -0.39 is 0 Å². The minimum Gasteiger partial charge on any atom is -0.322 e. The third-order valence-electron chi connectivity index (χ3n) is 3.46. The van der Waals surface area contributed by atoms with E-state index in [2.05, 4.69) is 10.3 Å². The van der Waals surface area contributed by atoms with E-state index in [1.54, 1.807) is 12.3 Å². The van der Waals surface area contributed by atoms with E-state index in [4.69, 9.17) is 0 Å². The average Bonchev–Trinajstić information content (AvgIpc) is 2.55. The van der Waals surface area contributed by atoms with Gasteiger partial charge in [0.1, 0.15) is 0 Å². The molecule has 3 heteroatoms. The fourth-order valence-corrected chi connectivity index (χ4v) is 2.34. The molecule has 0 saturated heterocycles. The lowest BCUT2D eigenvalue weighted by molar-refractivity contribution is -0.111. The number of amides is 1. The highest BCUT2D eigenvalue weighted by molar-refractivity contribution is 6.07. The number of rotatable bonds is 3. The standard InChI is InChI=1S/C19H16N2O/c1-14-6-5-9-16-17(12-13-20-19(14)16)21-18(22)11-10-15-7-3-2-4-8-15/h2-13H,1H3,(H,20,21,22)/b11-10+. The van der Waals surface area contributed by atoms with Gasteiger partial charge in [-0.1, -0.05) is 48.5 Å². The zero-order valence-electron chi connectivity index (χ0n) is 12.3. The number of nitrogens with one attached hydrogen (secondary N) is 1. The summed E-state index contributed by atoms with van der Waals surface area (Å²) in [6, 6.07) is 17.5. The van der Waals surface area contributed by atoms with Gasteiger partial charge in [-0.15, -0.1) is 0 Å². The van der Waals surface area contributed by atoms with Gasteiger partial charge in [0.2, 0.25) is 5.91 Å². The molecule has 0 saturated carbocycles. The van der Waals surface area contributed by atoms with E-state index in [1.807, 2.05) is 61.5 Å². The van der Waals surface area contributed by atoms with Gasteiger partial charge < -0.3 is 5.32 Å². The monoisotopic (exact) mass is 288 g/mol. The second-order valence-electron chi connectivity index (χ2n) is 5.06. The number of nitrogens with zero attached hydrogens (tertiary/aromatic N) is 1. The first-order chi connectivity index (χ1) is 10.7. The molecule has 1 amide bonds. The zero-order chi connectivity index (χ0) is 15.4. The molecule has 0 aliphatic heterocycles. The summed E-state index contributed by atoms with van der Waals surface area (Å²) in [5, 5.41) is 3.86. The second-order valence-corrected chi connectivity index (χ2v) is 5.06. The number of carbonyl (C=O) groups is 1. The predicted octanol–water partition coefficient (Wildman–Crippen LogP) is 4.20. The Morgan fingerprint density at radius 2 is 1.86 bits per heavy atom. The minimum atomic E-state index is -0.155. The van der Waals surface area contributed by atoms with Gasteiger partial charge in [-0.2, -0.15) is 0 Å². The molecule has 0 bridgehead atoms. The Balaban J connectivity index is 1.83. The Kier molecular flexibility index (Phi) is 3.97. The van der Waals surface area contributed by atoms with E-state index in [9.17, 15) is 4.79 Å². The zero-order valence-corrected chi connectivity index (χ0v) is 12.3. The lowest BCUT2D eigenvalue weighted by Crippen LogP contribution is -2.08. The molecule has 0 aliphatic carbocycles. The van der Waals surface area contributed by atoms with Crippen molar-refractivity contribution in [2.75, 3.05) is 5.32 Å². The molecular weight excluding hydrogens is 272 g/mol. The number of fused-ring (bicyclic) bond motifs is 1. The first-order valence-electron chi connectivity index (χ1n) is 7.12. The van der Waals surface area contributed by atoms with Gasteiger partial charge in [0.05, 0.1) is 11.2 Å². The summed E-state index contributed by atoms with van der Waals surface area (Å²) < 4.78 is 0. The molecule has 0 radical (unpaired) electrons. The number of para-hydroxylation sites is 1. The number of hydrogen-bond acceptors (Lipinski definition) is 2. The van der Waals surface area contributed by atoms with Crippen LogP contribution in [-0.4, -0.2) is 10.9 Å². The fraction of sp³-hybridized carbons (Fsp3) is 0.0526. The van der Waals surface area contributed by atoms with Crippen LogP contribution in [0.25, 0.3) is 17.0 Å². The third-order valence-corrected chi connectivity index (χ3v) is 3.46. The molecular formula is C19H16N2O. The van der Waals surface area contributed by atoms with Gasteiger partial charge in [0.25, 0.3) is 0 Å². The number of pyridine rings is 1. The van der Waals surface area contributed by atoms with E-state index in [1.165, 1.54) is 6.08 Å². The largest absolute Gasteiger partial charge is 0.322 e.